The SMILES string of the molecule is C[n+]1ccc(SCC2=C(C(=O)O)N3C(=O)[C@@H](NC(=O)/C(=N\OC(C)(C)C(=O)OC(C)(C)C)c4csc(NC(c5ccccc5)(c5ccccc5)c5ccccc5)n4)[C@H]3SC2)cc1. The number of hydrogen-bond donors (Lipinski definition) is 3. The summed E-state index contributed by atoms with van der Waals surface area (Å²) >= 11 is 4.08. The molecule has 0 aliphatic carbocycles. The molecule has 0 bridgehead atoms. The number of esters is 1. The van der Waals surface area contributed by atoms with Crippen LogP contribution in [0.3, 0.4) is 0 Å². The van der Waals surface area contributed by atoms with E-state index in [2.05, 4.69) is 15.8 Å². The zero-order chi connectivity index (χ0) is 44.2. The van der Waals surface area contributed by atoms with Crippen LogP contribution >= 0.6 is 34.9 Å². The van der Waals surface area contributed by atoms with E-state index in [1.807, 2.05) is 127 Å². The van der Waals surface area contributed by atoms with Gasteiger partial charge in [0.05, 0.1) is 0 Å². The van der Waals surface area contributed by atoms with Crippen molar-refractivity contribution in [2.24, 2.45) is 12.2 Å². The number of aliphatic carboxylic acids is 1. The molecule has 13 nitrogen and oxygen atoms in total. The number of carboxylic acids is 1. The van der Waals surface area contributed by atoms with E-state index in [1.165, 1.54) is 53.6 Å². The molecule has 4 heterocycles. The average molecular weight is 892 g/mol. The van der Waals surface area contributed by atoms with Crippen LogP contribution in [0.2, 0.25) is 0 Å². The first kappa shape index (κ1) is 44.1. The van der Waals surface area contributed by atoms with Crippen LogP contribution in [0.15, 0.2) is 142 Å². The summed E-state index contributed by atoms with van der Waals surface area (Å²) in [7, 11) is 1.91. The van der Waals surface area contributed by atoms with Gasteiger partial charge in [-0.05, 0) is 56.9 Å². The molecule has 7 rings (SSSR count). The van der Waals surface area contributed by atoms with Crippen molar-refractivity contribution in [3.05, 3.63) is 155 Å². The van der Waals surface area contributed by atoms with Gasteiger partial charge < -0.3 is 25.3 Å². The van der Waals surface area contributed by atoms with Gasteiger partial charge in [-0.2, -0.15) is 0 Å². The van der Waals surface area contributed by atoms with Crippen molar-refractivity contribution in [2.45, 2.75) is 67.7 Å². The quantitative estimate of drug-likeness (QED) is 0.0194. The lowest BCUT2D eigenvalue weighted by molar-refractivity contribution is -0.671. The Morgan fingerprint density at radius 1 is 0.903 bits per heavy atom. The van der Waals surface area contributed by atoms with Crippen molar-refractivity contribution in [1.29, 1.82) is 0 Å². The number of aryl methyl sites for hydroxylation is 1. The fourth-order valence-electron chi connectivity index (χ4n) is 6.94. The van der Waals surface area contributed by atoms with E-state index in [9.17, 15) is 24.3 Å². The number of amides is 2. The van der Waals surface area contributed by atoms with Crippen molar-refractivity contribution < 1.29 is 38.4 Å². The first-order valence-corrected chi connectivity index (χ1v) is 22.7. The second-order valence-electron chi connectivity index (χ2n) is 16.2. The van der Waals surface area contributed by atoms with Gasteiger partial charge in [0.1, 0.15) is 41.0 Å². The Labute approximate surface area is 372 Å². The van der Waals surface area contributed by atoms with E-state index in [0.29, 0.717) is 22.2 Å². The number of nitrogens with one attached hydrogen (secondary N) is 2. The number of thioether (sulfide) groups is 2. The van der Waals surface area contributed by atoms with Crippen molar-refractivity contribution in [3.63, 3.8) is 0 Å². The number of carbonyl (C=O) groups excluding carboxylic acids is 3. The molecule has 1 saturated heterocycles. The van der Waals surface area contributed by atoms with Gasteiger partial charge >= 0.3 is 11.9 Å². The molecule has 2 aliphatic rings. The summed E-state index contributed by atoms with van der Waals surface area (Å²) < 4.78 is 7.48. The maximum Gasteiger partial charge on any atom is 0.353 e. The molecule has 2 aromatic heterocycles. The Morgan fingerprint density at radius 3 is 2.00 bits per heavy atom. The van der Waals surface area contributed by atoms with E-state index in [-0.39, 0.29) is 17.1 Å². The van der Waals surface area contributed by atoms with E-state index >= 15 is 0 Å². The Bertz CT molecular complexity index is 2410. The highest BCUT2D eigenvalue weighted by Gasteiger charge is 2.54. The van der Waals surface area contributed by atoms with E-state index < -0.39 is 51.9 Å². The van der Waals surface area contributed by atoms with E-state index in [4.69, 9.17) is 14.6 Å². The summed E-state index contributed by atoms with van der Waals surface area (Å²) in [6, 6.07) is 32.7. The van der Waals surface area contributed by atoms with Gasteiger partial charge in [-0.25, -0.2) is 19.1 Å². The van der Waals surface area contributed by atoms with Gasteiger partial charge in [0.25, 0.3) is 11.8 Å². The number of anilines is 1. The van der Waals surface area contributed by atoms with Crippen LogP contribution < -0.4 is 15.2 Å². The maximum absolute atomic E-state index is 14.4. The highest BCUT2D eigenvalue weighted by molar-refractivity contribution is 8.01. The normalized spacial score (nSPS) is 16.8. The number of benzene rings is 3. The number of β-lactam (4-membered cyclic amide) rings is 1. The highest BCUT2D eigenvalue weighted by atomic mass is 32.2. The third-order valence-corrected chi connectivity index (χ3v) is 13.2. The molecular weight excluding hydrogens is 845 g/mol. The lowest BCUT2D eigenvalue weighted by atomic mass is 9.77. The molecule has 3 aromatic carbocycles. The van der Waals surface area contributed by atoms with Crippen LogP contribution in [0.25, 0.3) is 0 Å². The number of carboxylic acid groups (broad SMARTS) is 1. The molecule has 0 unspecified atom stereocenters. The predicted molar refractivity (Wildman–Crippen MR) is 241 cm³/mol. The van der Waals surface area contributed by atoms with Crippen LogP contribution in [0.1, 0.15) is 57.0 Å². The Hall–Kier alpha value is -5.97. The first-order chi connectivity index (χ1) is 29.6. The van der Waals surface area contributed by atoms with Gasteiger partial charge in [-0.1, -0.05) is 96.2 Å². The molecule has 2 atom stereocenters. The smallest absolute Gasteiger partial charge is 0.353 e. The molecule has 3 N–H and O–H groups in total. The second-order valence-corrected chi connectivity index (χ2v) is 19.2. The Morgan fingerprint density at radius 2 is 1.47 bits per heavy atom. The number of fused-ring (bicyclic) bond motifs is 1. The molecule has 0 radical (unpaired) electrons. The summed E-state index contributed by atoms with van der Waals surface area (Å²) in [4.78, 5) is 66.9. The molecule has 0 spiro atoms. The molecule has 16 heteroatoms. The average Bonchev–Trinajstić information content (AvgIpc) is 3.72. The van der Waals surface area contributed by atoms with Crippen LogP contribution in [0.4, 0.5) is 5.13 Å². The Kier molecular flexibility index (Phi) is 12.9. The minimum atomic E-state index is -1.63. The van der Waals surface area contributed by atoms with Crippen LogP contribution in [-0.4, -0.2) is 78.6 Å². The fourth-order valence-corrected chi connectivity index (χ4v) is 10.1. The number of rotatable bonds is 15. The van der Waals surface area contributed by atoms with Crippen LogP contribution in [-0.2, 0) is 41.3 Å². The first-order valence-electron chi connectivity index (χ1n) is 19.8. The zero-order valence-corrected chi connectivity index (χ0v) is 37.5. The van der Waals surface area contributed by atoms with Gasteiger partial charge in [-0.3, -0.25) is 14.5 Å². The molecule has 62 heavy (non-hydrogen) atoms. The molecule has 1 fully saturated rings. The number of oxime groups is 1. The van der Waals surface area contributed by atoms with Crippen molar-refractivity contribution in [2.75, 3.05) is 16.8 Å². The third-order valence-electron chi connectivity index (χ3n) is 10.0. The molecule has 0 saturated carbocycles. The number of carbonyl (C=O) groups is 4. The summed E-state index contributed by atoms with van der Waals surface area (Å²) in [5.74, 6) is -2.59. The van der Waals surface area contributed by atoms with Crippen LogP contribution in [0.5, 0.6) is 0 Å². The monoisotopic (exact) mass is 891 g/mol. The summed E-state index contributed by atoms with van der Waals surface area (Å²) in [6.07, 6.45) is 3.81. The number of nitrogens with zero attached hydrogens (tertiary/aromatic N) is 4. The lowest BCUT2D eigenvalue weighted by Gasteiger charge is -2.49. The van der Waals surface area contributed by atoms with Gasteiger partial charge in [0.2, 0.25) is 5.60 Å². The minimum Gasteiger partial charge on any atom is -0.477 e. The van der Waals surface area contributed by atoms with Gasteiger partial charge in [-0.15, -0.1) is 34.9 Å². The molecular formula is C46H47N6O7S3+. The number of ether oxygens (including phenoxy) is 1. The summed E-state index contributed by atoms with van der Waals surface area (Å²) in [6.45, 7) is 8.13. The predicted octanol–water partition coefficient (Wildman–Crippen LogP) is 6.74. The van der Waals surface area contributed by atoms with Gasteiger partial charge in [0, 0.05) is 33.9 Å². The highest BCUT2D eigenvalue weighted by Crippen LogP contribution is 2.43. The van der Waals surface area contributed by atoms with Crippen molar-refractivity contribution >= 4 is 69.5 Å². The van der Waals surface area contributed by atoms with Crippen molar-refractivity contribution in [3.8, 4) is 0 Å². The van der Waals surface area contributed by atoms with Crippen LogP contribution in [0, 0.1) is 0 Å². The number of pyridine rings is 1. The molecule has 5 aromatic rings. The molecule has 320 valence electrons. The molecule has 2 aliphatic heterocycles. The standard InChI is InChI=1S/C46H46N6O7S3/c1-44(2,3)58-42(57)45(4,5)59-50-35(38(53)48-36-39(54)52-37(41(55)56)29(27-61-40(36)52)26-60-33-22-24-51(6)25-23-33)34-28-62-43(47-34)49-46(30-16-10-7-11-17-30,31-18-12-8-13-19-31)32-20-14-9-15-21-32/h7-25,28,36,40H,26-27H2,1-6H3,(H2-,47,48,49,53,55,56)/p+1/b50-35-/t36-,40-/m1/s1. The Balaban J connectivity index is 1.20. The maximum atomic E-state index is 14.4. The summed E-state index contributed by atoms with van der Waals surface area (Å²) in [5.41, 5.74) is -0.239. The summed E-state index contributed by atoms with van der Waals surface area (Å²) in [5, 5.41) is 22.4. The zero-order valence-electron chi connectivity index (χ0n) is 35.0. The lowest BCUT2D eigenvalue weighted by Crippen LogP contribution is -2.71. The molecule has 2 amide bonds. The van der Waals surface area contributed by atoms with Gasteiger partial charge in [0.15, 0.2) is 23.2 Å². The number of thiazole rings is 1. The van der Waals surface area contributed by atoms with Crippen molar-refractivity contribution in [1.82, 2.24) is 15.2 Å². The van der Waals surface area contributed by atoms with E-state index in [0.717, 1.165) is 21.6 Å². The minimum absolute atomic E-state index is 0.0801. The van der Waals surface area contributed by atoms with E-state index in [1.54, 1.807) is 26.2 Å². The largest absolute Gasteiger partial charge is 0.477 e. The third kappa shape index (κ3) is 9.42. The fraction of sp³-hybridized carbons (Fsp3) is 0.283. The number of aromatic nitrogens is 2. The number of hydrogen-bond acceptors (Lipinski definition) is 12. The second kappa shape index (κ2) is 18.2. The topological polar surface area (TPSA) is 163 Å².